The number of anilines is 1. The van der Waals surface area contributed by atoms with E-state index in [1.165, 1.54) is 0 Å². The summed E-state index contributed by atoms with van der Waals surface area (Å²) in [4.78, 5) is 10.5. The predicted octanol–water partition coefficient (Wildman–Crippen LogP) is 1.72. The summed E-state index contributed by atoms with van der Waals surface area (Å²) in [7, 11) is 0. The van der Waals surface area contributed by atoms with Gasteiger partial charge in [-0.15, -0.1) is 24.8 Å². The first-order chi connectivity index (χ1) is 6.50. The van der Waals surface area contributed by atoms with E-state index in [2.05, 4.69) is 0 Å². The minimum absolute atomic E-state index is 0. The topological polar surface area (TPSA) is 89.3 Å². The Morgan fingerprint density at radius 2 is 2.00 bits per heavy atom. The maximum Gasteiger partial charge on any atom is 0.320 e. The van der Waals surface area contributed by atoms with Gasteiger partial charge in [0, 0.05) is 0 Å². The number of hydrogen-bond donors (Lipinski definition) is 3. The van der Waals surface area contributed by atoms with Crippen molar-refractivity contribution in [3.8, 4) is 0 Å². The van der Waals surface area contributed by atoms with Crippen LogP contribution in [-0.2, 0) is 11.2 Å². The lowest BCUT2D eigenvalue weighted by Gasteiger charge is -2.07. The van der Waals surface area contributed by atoms with Crippen molar-refractivity contribution in [1.29, 1.82) is 0 Å². The fraction of sp³-hybridized carbons (Fsp3) is 0.222. The van der Waals surface area contributed by atoms with Crippen LogP contribution in [0.4, 0.5) is 5.69 Å². The second-order valence-corrected chi connectivity index (χ2v) is 3.41. The van der Waals surface area contributed by atoms with Gasteiger partial charge in [-0.05, 0) is 24.1 Å². The van der Waals surface area contributed by atoms with Crippen molar-refractivity contribution in [3.05, 3.63) is 28.8 Å². The van der Waals surface area contributed by atoms with Gasteiger partial charge >= 0.3 is 5.97 Å². The number of carboxylic acid groups (broad SMARTS) is 1. The van der Waals surface area contributed by atoms with Crippen LogP contribution in [-0.4, -0.2) is 17.1 Å². The fourth-order valence-corrected chi connectivity index (χ4v) is 1.24. The molecule has 1 aromatic rings. The zero-order chi connectivity index (χ0) is 10.7. The molecule has 1 rings (SSSR count). The van der Waals surface area contributed by atoms with E-state index >= 15 is 0 Å². The summed E-state index contributed by atoms with van der Waals surface area (Å²) in [5.41, 5.74) is 12.1. The van der Waals surface area contributed by atoms with Crippen molar-refractivity contribution >= 4 is 48.1 Å². The van der Waals surface area contributed by atoms with E-state index in [9.17, 15) is 4.79 Å². The number of hydrogen-bond acceptors (Lipinski definition) is 3. The van der Waals surface area contributed by atoms with Gasteiger partial charge in [0.05, 0.1) is 10.7 Å². The van der Waals surface area contributed by atoms with Crippen LogP contribution in [0.1, 0.15) is 5.56 Å². The van der Waals surface area contributed by atoms with E-state index in [0.717, 1.165) is 5.56 Å². The van der Waals surface area contributed by atoms with Crippen LogP contribution in [0.15, 0.2) is 18.2 Å². The maximum absolute atomic E-state index is 10.5. The Hall–Kier alpha value is -0.680. The molecule has 0 fully saturated rings. The van der Waals surface area contributed by atoms with Gasteiger partial charge in [-0.1, -0.05) is 17.7 Å². The Morgan fingerprint density at radius 3 is 2.44 bits per heavy atom. The smallest absolute Gasteiger partial charge is 0.320 e. The molecule has 7 heteroatoms. The van der Waals surface area contributed by atoms with Gasteiger partial charge in [-0.3, -0.25) is 4.79 Å². The molecule has 0 aliphatic rings. The third kappa shape index (κ3) is 4.90. The molecule has 0 unspecified atom stereocenters. The summed E-state index contributed by atoms with van der Waals surface area (Å²) in [5.74, 6) is -1.03. The Bertz CT molecular complexity index is 361. The van der Waals surface area contributed by atoms with E-state index in [-0.39, 0.29) is 31.2 Å². The highest BCUT2D eigenvalue weighted by molar-refractivity contribution is 6.33. The third-order valence-corrected chi connectivity index (χ3v) is 2.17. The molecule has 0 aromatic heterocycles. The molecule has 4 nitrogen and oxygen atoms in total. The van der Waals surface area contributed by atoms with Crippen LogP contribution in [0, 0.1) is 0 Å². The molecule has 1 aromatic carbocycles. The SMILES string of the molecule is Cl.Cl.Nc1ccc(C[C@@H](N)C(=O)O)cc1Cl. The molecular weight excluding hydrogens is 274 g/mol. The monoisotopic (exact) mass is 286 g/mol. The predicted molar refractivity (Wildman–Crippen MR) is 69.7 cm³/mol. The molecule has 0 bridgehead atoms. The first kappa shape index (κ1) is 17.7. The number of carboxylic acids is 1. The molecule has 16 heavy (non-hydrogen) atoms. The van der Waals surface area contributed by atoms with Gasteiger partial charge in [0.2, 0.25) is 0 Å². The molecule has 0 radical (unpaired) electrons. The van der Waals surface area contributed by atoms with Crippen molar-refractivity contribution in [3.63, 3.8) is 0 Å². The molecule has 0 saturated heterocycles. The second-order valence-electron chi connectivity index (χ2n) is 3.00. The highest BCUT2D eigenvalue weighted by Crippen LogP contribution is 2.20. The molecular formula is C9H13Cl3N2O2. The van der Waals surface area contributed by atoms with Gasteiger partial charge in [0.1, 0.15) is 6.04 Å². The zero-order valence-electron chi connectivity index (χ0n) is 8.22. The Balaban J connectivity index is 0. The van der Waals surface area contributed by atoms with E-state index in [0.29, 0.717) is 10.7 Å². The van der Waals surface area contributed by atoms with Crippen molar-refractivity contribution in [1.82, 2.24) is 0 Å². The Kier molecular flexibility index (Phi) is 8.38. The summed E-state index contributed by atoms with van der Waals surface area (Å²) in [6.45, 7) is 0. The van der Waals surface area contributed by atoms with Crippen LogP contribution in [0.25, 0.3) is 0 Å². The lowest BCUT2D eigenvalue weighted by molar-refractivity contribution is -0.138. The maximum atomic E-state index is 10.5. The molecule has 0 spiro atoms. The summed E-state index contributed by atoms with van der Waals surface area (Å²) < 4.78 is 0. The molecule has 0 aliphatic heterocycles. The number of rotatable bonds is 3. The van der Waals surface area contributed by atoms with Crippen LogP contribution < -0.4 is 11.5 Å². The third-order valence-electron chi connectivity index (χ3n) is 1.84. The van der Waals surface area contributed by atoms with Gasteiger partial charge in [0.25, 0.3) is 0 Å². The molecule has 5 N–H and O–H groups in total. The zero-order valence-corrected chi connectivity index (χ0v) is 10.6. The number of benzene rings is 1. The van der Waals surface area contributed by atoms with E-state index in [1.54, 1.807) is 18.2 Å². The normalized spacial score (nSPS) is 10.9. The standard InChI is InChI=1S/C9H11ClN2O2.2ClH/c10-6-3-5(1-2-7(6)11)4-8(12)9(13)14;;/h1-3,8H,4,11-12H2,(H,13,14);2*1H/t8-;;/m1../s1. The van der Waals surface area contributed by atoms with Crippen LogP contribution in [0.5, 0.6) is 0 Å². The summed E-state index contributed by atoms with van der Waals surface area (Å²) in [6.07, 6.45) is 0.245. The first-order valence-corrected chi connectivity index (χ1v) is 4.41. The Morgan fingerprint density at radius 1 is 1.44 bits per heavy atom. The number of aliphatic carboxylic acids is 1. The van der Waals surface area contributed by atoms with Crippen LogP contribution in [0.3, 0.4) is 0 Å². The summed E-state index contributed by atoms with van der Waals surface area (Å²) in [6, 6.07) is 4.06. The summed E-state index contributed by atoms with van der Waals surface area (Å²) in [5, 5.41) is 9.00. The fourth-order valence-electron chi connectivity index (χ4n) is 1.04. The van der Waals surface area contributed by atoms with Gasteiger partial charge in [-0.2, -0.15) is 0 Å². The van der Waals surface area contributed by atoms with Crippen LogP contribution in [0.2, 0.25) is 5.02 Å². The lowest BCUT2D eigenvalue weighted by Crippen LogP contribution is -2.32. The molecule has 0 amide bonds. The Labute approximate surface area is 111 Å². The molecule has 0 aliphatic carbocycles. The molecule has 1 atom stereocenters. The lowest BCUT2D eigenvalue weighted by atomic mass is 10.1. The van der Waals surface area contributed by atoms with Crippen LogP contribution >= 0.6 is 36.4 Å². The largest absolute Gasteiger partial charge is 0.480 e. The van der Waals surface area contributed by atoms with Gasteiger partial charge in [0.15, 0.2) is 0 Å². The van der Waals surface area contributed by atoms with Gasteiger partial charge in [-0.25, -0.2) is 0 Å². The molecule has 92 valence electrons. The average Bonchev–Trinajstić information content (AvgIpc) is 2.11. The first-order valence-electron chi connectivity index (χ1n) is 4.03. The number of nitrogen functional groups attached to an aromatic ring is 1. The van der Waals surface area contributed by atoms with Gasteiger partial charge < -0.3 is 16.6 Å². The highest BCUT2D eigenvalue weighted by atomic mass is 35.5. The molecule has 0 saturated carbocycles. The highest BCUT2D eigenvalue weighted by Gasteiger charge is 2.12. The molecule has 0 heterocycles. The second kappa shape index (κ2) is 7.57. The summed E-state index contributed by atoms with van der Waals surface area (Å²) >= 11 is 5.76. The number of nitrogens with two attached hydrogens (primary N) is 2. The minimum atomic E-state index is -1.03. The van der Waals surface area contributed by atoms with Crippen molar-refractivity contribution < 1.29 is 9.90 Å². The number of halogens is 3. The van der Waals surface area contributed by atoms with Crippen molar-refractivity contribution in [2.24, 2.45) is 5.73 Å². The quantitative estimate of drug-likeness (QED) is 0.739. The van der Waals surface area contributed by atoms with Crippen molar-refractivity contribution in [2.45, 2.75) is 12.5 Å². The number of carbonyl (C=O) groups is 1. The average molecular weight is 288 g/mol. The van der Waals surface area contributed by atoms with E-state index in [4.69, 9.17) is 28.2 Å². The van der Waals surface area contributed by atoms with E-state index in [1.807, 2.05) is 0 Å². The minimum Gasteiger partial charge on any atom is -0.480 e. The van der Waals surface area contributed by atoms with Crippen molar-refractivity contribution in [2.75, 3.05) is 5.73 Å². The van der Waals surface area contributed by atoms with E-state index < -0.39 is 12.0 Å².